The first-order valence-electron chi connectivity index (χ1n) is 29.2. The van der Waals surface area contributed by atoms with E-state index in [-0.39, 0.29) is 0 Å². The Kier molecular flexibility index (Phi) is 51.4. The van der Waals surface area contributed by atoms with Crippen molar-refractivity contribution in [2.75, 3.05) is 6.61 Å². The van der Waals surface area contributed by atoms with Crippen molar-refractivity contribution < 1.29 is 10.2 Å². The third-order valence-electron chi connectivity index (χ3n) is 14.8. The topological polar surface area (TPSA) is 40.5 Å². The summed E-state index contributed by atoms with van der Waals surface area (Å²) >= 11 is 0. The van der Waals surface area contributed by atoms with E-state index in [0.717, 1.165) is 72.5 Å². The van der Waals surface area contributed by atoms with E-state index < -0.39 is 5.60 Å². The number of aliphatic hydroxyl groups is 2. The molecule has 7 unspecified atom stereocenters. The molecule has 0 rings (SSSR count). The minimum absolute atomic E-state index is 0.352. The summed E-state index contributed by atoms with van der Waals surface area (Å²) in [4.78, 5) is 0. The van der Waals surface area contributed by atoms with Crippen LogP contribution >= 0.6 is 0 Å². The summed E-state index contributed by atoms with van der Waals surface area (Å²) in [6.45, 7) is 46.6. The maximum Gasteiger partial charge on any atom is 0.0617 e. The molecule has 0 spiro atoms. The zero-order valence-electron chi connectivity index (χ0n) is 48.9. The van der Waals surface area contributed by atoms with Crippen molar-refractivity contribution in [2.24, 2.45) is 64.6 Å². The minimum Gasteiger partial charge on any atom is -0.396 e. The van der Waals surface area contributed by atoms with Gasteiger partial charge in [0.15, 0.2) is 0 Å². The zero-order valence-corrected chi connectivity index (χ0v) is 48.9. The van der Waals surface area contributed by atoms with E-state index in [0.29, 0.717) is 17.9 Å². The number of hydrogen-bond acceptors (Lipinski definition) is 2. The monoisotopic (exact) mass is 909 g/mol. The summed E-state index contributed by atoms with van der Waals surface area (Å²) in [5, 5.41) is 18.7. The highest BCUT2D eigenvalue weighted by atomic mass is 16.3. The molecule has 0 aliphatic carbocycles. The van der Waals surface area contributed by atoms with Crippen molar-refractivity contribution in [2.45, 2.75) is 330 Å². The summed E-state index contributed by atoms with van der Waals surface area (Å²) in [5.74, 6) is 8.72. The lowest BCUT2D eigenvalue weighted by atomic mass is 9.83. The van der Waals surface area contributed by atoms with Crippen molar-refractivity contribution in [1.29, 1.82) is 0 Å². The highest BCUT2D eigenvalue weighted by Crippen LogP contribution is 2.29. The van der Waals surface area contributed by atoms with E-state index in [1.54, 1.807) is 0 Å². The predicted molar refractivity (Wildman–Crippen MR) is 297 cm³/mol. The molecule has 0 heterocycles. The summed E-state index contributed by atoms with van der Waals surface area (Å²) in [6.07, 6.45) is 38.7. The van der Waals surface area contributed by atoms with E-state index >= 15 is 0 Å². The first-order valence-corrected chi connectivity index (χ1v) is 29.2. The van der Waals surface area contributed by atoms with Crippen LogP contribution in [-0.2, 0) is 0 Å². The van der Waals surface area contributed by atoms with Crippen molar-refractivity contribution in [1.82, 2.24) is 0 Å². The minimum atomic E-state index is -0.433. The average molecular weight is 910 g/mol. The van der Waals surface area contributed by atoms with Crippen LogP contribution in [0.15, 0.2) is 0 Å². The molecule has 0 bridgehead atoms. The molecule has 2 N–H and O–H groups in total. The highest BCUT2D eigenvalue weighted by molar-refractivity contribution is 4.71. The SMILES string of the molecule is CC(C)CCCC(C)CCCC(C)CCO.CCC(C)(C)CCCC(C)CCCC(C)C.CCC(C)(O)CCCC(C)CCCC(C)C.CCCC(C)CCCC(C)CCCC(C)C. The lowest BCUT2D eigenvalue weighted by Crippen LogP contribution is -2.22. The number of rotatable bonds is 38. The fraction of sp³-hybridized carbons (Fsp3) is 1.00. The molecule has 0 radical (unpaired) electrons. The Bertz CT molecular complexity index is 813. The molecule has 0 aliphatic heterocycles. The summed E-state index contributed by atoms with van der Waals surface area (Å²) in [5.41, 5.74) is 0.134. The first-order chi connectivity index (χ1) is 29.9. The Balaban J connectivity index is -0.000000375. The molecule has 0 amide bonds. The largest absolute Gasteiger partial charge is 0.396 e. The first kappa shape index (κ1) is 70.5. The normalized spacial score (nSPS) is 15.7. The van der Waals surface area contributed by atoms with Gasteiger partial charge in [-0.1, -0.05) is 292 Å². The molecule has 2 heteroatoms. The van der Waals surface area contributed by atoms with Gasteiger partial charge in [0.25, 0.3) is 0 Å². The Morgan fingerprint density at radius 2 is 0.562 bits per heavy atom. The second kappa shape index (κ2) is 46.6. The summed E-state index contributed by atoms with van der Waals surface area (Å²) in [6, 6.07) is 0. The summed E-state index contributed by atoms with van der Waals surface area (Å²) in [7, 11) is 0. The van der Waals surface area contributed by atoms with Gasteiger partial charge in [-0.05, 0) is 97.2 Å². The molecular weight excluding hydrogens is 777 g/mol. The third kappa shape index (κ3) is 59.9. The van der Waals surface area contributed by atoms with Crippen LogP contribution in [0.5, 0.6) is 0 Å². The molecule has 2 nitrogen and oxygen atoms in total. The van der Waals surface area contributed by atoms with Gasteiger partial charge in [-0.3, -0.25) is 0 Å². The smallest absolute Gasteiger partial charge is 0.0617 e. The van der Waals surface area contributed by atoms with Gasteiger partial charge in [-0.25, -0.2) is 0 Å². The molecule has 392 valence electrons. The zero-order chi connectivity index (χ0) is 50.0. The molecule has 0 fully saturated rings. The van der Waals surface area contributed by atoms with Gasteiger partial charge >= 0.3 is 0 Å². The molecule has 64 heavy (non-hydrogen) atoms. The van der Waals surface area contributed by atoms with E-state index in [1.165, 1.54) is 167 Å². The Labute approximate surface area is 410 Å². The van der Waals surface area contributed by atoms with Gasteiger partial charge in [0, 0.05) is 6.61 Å². The average Bonchev–Trinajstić information content (AvgIpc) is 3.18. The van der Waals surface area contributed by atoms with Crippen molar-refractivity contribution >= 4 is 0 Å². The lowest BCUT2D eigenvalue weighted by Gasteiger charge is -2.23. The van der Waals surface area contributed by atoms with Crippen molar-refractivity contribution in [3.63, 3.8) is 0 Å². The number of aliphatic hydroxyl groups excluding tert-OH is 1. The van der Waals surface area contributed by atoms with Crippen LogP contribution < -0.4 is 0 Å². The quantitative estimate of drug-likeness (QED) is 0.0648. The van der Waals surface area contributed by atoms with E-state index in [4.69, 9.17) is 5.11 Å². The molecule has 0 aromatic rings. The molecule has 0 aromatic heterocycles. The van der Waals surface area contributed by atoms with Gasteiger partial charge < -0.3 is 10.2 Å². The maximum absolute atomic E-state index is 9.88. The fourth-order valence-electron chi connectivity index (χ4n) is 8.82. The molecule has 0 saturated heterocycles. The Morgan fingerprint density at radius 3 is 0.812 bits per heavy atom. The standard InChI is InChI=1S/2C16H34.2C15H32O/c1-7-16(5,6)13-9-12-15(4)11-8-10-14(2)3;1-6-9-15(4)12-8-13-16(5)11-7-10-14(2)3;1-13(2)7-5-8-14(3)9-6-10-15(4)11-12-16;1-6-15(5,16)12-8-11-14(4)10-7-9-13(2)3/h14-15H,7-13H2,1-6H3;14-16H,6-13H2,1-5H3;13-16H,5-12H2,1-4H3;13-14,16H,6-12H2,1-5H3. The second-order valence-corrected chi connectivity index (χ2v) is 25.2. The predicted octanol–water partition coefficient (Wildman–Crippen LogP) is 21.5. The molecule has 0 saturated carbocycles. The maximum atomic E-state index is 9.88. The summed E-state index contributed by atoms with van der Waals surface area (Å²) < 4.78 is 0. The van der Waals surface area contributed by atoms with Crippen LogP contribution in [-0.4, -0.2) is 22.4 Å². The van der Waals surface area contributed by atoms with E-state index in [1.807, 2.05) is 6.92 Å². The van der Waals surface area contributed by atoms with Gasteiger partial charge in [0.2, 0.25) is 0 Å². The molecule has 0 aliphatic rings. The van der Waals surface area contributed by atoms with Crippen LogP contribution in [0.25, 0.3) is 0 Å². The molecule has 7 atom stereocenters. The van der Waals surface area contributed by atoms with Crippen LogP contribution in [0.4, 0.5) is 0 Å². The van der Waals surface area contributed by atoms with Crippen LogP contribution in [0, 0.1) is 64.6 Å². The highest BCUT2D eigenvalue weighted by Gasteiger charge is 2.17. The fourth-order valence-corrected chi connectivity index (χ4v) is 8.82. The van der Waals surface area contributed by atoms with E-state index in [9.17, 15) is 5.11 Å². The van der Waals surface area contributed by atoms with Gasteiger partial charge in [0.05, 0.1) is 5.60 Å². The second-order valence-electron chi connectivity index (χ2n) is 25.2. The van der Waals surface area contributed by atoms with Gasteiger partial charge in [-0.2, -0.15) is 0 Å². The van der Waals surface area contributed by atoms with Crippen LogP contribution in [0.3, 0.4) is 0 Å². The van der Waals surface area contributed by atoms with Crippen molar-refractivity contribution in [3.8, 4) is 0 Å². The molecule has 0 aromatic carbocycles. The third-order valence-corrected chi connectivity index (χ3v) is 14.8. The molecular formula is C62H132O2. The number of hydrogen-bond donors (Lipinski definition) is 2. The van der Waals surface area contributed by atoms with Gasteiger partial charge in [-0.15, -0.1) is 0 Å². The van der Waals surface area contributed by atoms with Gasteiger partial charge in [0.1, 0.15) is 0 Å². The Hall–Kier alpha value is -0.0800. The Morgan fingerprint density at radius 1 is 0.312 bits per heavy atom. The van der Waals surface area contributed by atoms with Crippen LogP contribution in [0.1, 0.15) is 325 Å². The van der Waals surface area contributed by atoms with Crippen LogP contribution in [0.2, 0.25) is 0 Å². The van der Waals surface area contributed by atoms with E-state index in [2.05, 4.69) is 132 Å². The lowest BCUT2D eigenvalue weighted by molar-refractivity contribution is 0.0432. The van der Waals surface area contributed by atoms with Crippen molar-refractivity contribution in [3.05, 3.63) is 0 Å².